The van der Waals surface area contributed by atoms with Gasteiger partial charge in [0, 0.05) is 20.3 Å². The van der Waals surface area contributed by atoms with E-state index in [-0.39, 0.29) is 5.91 Å². The maximum atomic E-state index is 11.5. The Bertz CT molecular complexity index is 331. The molecule has 0 spiro atoms. The van der Waals surface area contributed by atoms with E-state index >= 15 is 0 Å². The molecule has 0 fully saturated rings. The number of unbranched alkanes of at least 4 members (excludes halogenated alkanes) is 2. The van der Waals surface area contributed by atoms with E-state index in [0.29, 0.717) is 5.56 Å². The minimum absolute atomic E-state index is 0.0467. The molecule has 0 saturated heterocycles. The van der Waals surface area contributed by atoms with Crippen molar-refractivity contribution in [2.24, 2.45) is 7.05 Å². The van der Waals surface area contributed by atoms with Crippen molar-refractivity contribution in [3.63, 3.8) is 0 Å². The number of aromatic nitrogens is 2. The van der Waals surface area contributed by atoms with Crippen molar-refractivity contribution in [2.75, 3.05) is 7.05 Å². The highest BCUT2D eigenvalue weighted by Gasteiger charge is 2.13. The van der Waals surface area contributed by atoms with Crippen LogP contribution in [0.3, 0.4) is 0 Å². The summed E-state index contributed by atoms with van der Waals surface area (Å²) in [5, 5.41) is 6.94. The van der Waals surface area contributed by atoms with Crippen molar-refractivity contribution >= 4 is 5.91 Å². The van der Waals surface area contributed by atoms with Gasteiger partial charge < -0.3 is 5.32 Å². The first kappa shape index (κ1) is 11.8. The van der Waals surface area contributed by atoms with E-state index in [1.165, 1.54) is 12.8 Å². The van der Waals surface area contributed by atoms with E-state index in [4.69, 9.17) is 0 Å². The Hall–Kier alpha value is -1.32. The van der Waals surface area contributed by atoms with Crippen LogP contribution in [0, 0.1) is 0 Å². The Morgan fingerprint density at radius 2 is 2.27 bits per heavy atom. The fourth-order valence-corrected chi connectivity index (χ4v) is 1.59. The summed E-state index contributed by atoms with van der Waals surface area (Å²) in [6, 6.07) is 0. The molecule has 0 radical (unpaired) electrons. The number of aryl methyl sites for hydroxylation is 2. The van der Waals surface area contributed by atoms with Crippen LogP contribution in [-0.4, -0.2) is 22.7 Å². The van der Waals surface area contributed by atoms with E-state index in [2.05, 4.69) is 17.3 Å². The van der Waals surface area contributed by atoms with Crippen LogP contribution in [0.4, 0.5) is 0 Å². The molecule has 0 aliphatic carbocycles. The van der Waals surface area contributed by atoms with Gasteiger partial charge >= 0.3 is 0 Å². The van der Waals surface area contributed by atoms with Crippen LogP contribution in [0.1, 0.15) is 42.2 Å². The van der Waals surface area contributed by atoms with E-state index in [1.54, 1.807) is 17.9 Å². The number of nitrogens with one attached hydrogen (secondary N) is 1. The summed E-state index contributed by atoms with van der Waals surface area (Å²) in [6.07, 6.45) is 6.13. The van der Waals surface area contributed by atoms with E-state index in [0.717, 1.165) is 18.5 Å². The third-order valence-corrected chi connectivity index (χ3v) is 2.39. The molecule has 4 nitrogen and oxygen atoms in total. The van der Waals surface area contributed by atoms with Gasteiger partial charge in [-0.05, 0) is 12.8 Å². The standard InChI is InChI=1S/C11H19N3O/c1-4-5-6-7-10-9(11(15)12-2)8-14(3)13-10/h8H,4-7H2,1-3H3,(H,12,15). The van der Waals surface area contributed by atoms with Crippen LogP contribution >= 0.6 is 0 Å². The van der Waals surface area contributed by atoms with Gasteiger partial charge in [0.05, 0.1) is 11.3 Å². The average Bonchev–Trinajstić information content (AvgIpc) is 2.59. The molecule has 0 atom stereocenters. The van der Waals surface area contributed by atoms with Crippen LogP contribution < -0.4 is 5.32 Å². The Morgan fingerprint density at radius 3 is 2.87 bits per heavy atom. The van der Waals surface area contributed by atoms with Crippen LogP contribution in [0.5, 0.6) is 0 Å². The van der Waals surface area contributed by atoms with Gasteiger partial charge in [0.2, 0.25) is 0 Å². The number of carbonyl (C=O) groups excluding carboxylic acids is 1. The van der Waals surface area contributed by atoms with Crippen LogP contribution in [0.25, 0.3) is 0 Å². The van der Waals surface area contributed by atoms with Crippen LogP contribution in [0.2, 0.25) is 0 Å². The summed E-state index contributed by atoms with van der Waals surface area (Å²) in [5.74, 6) is -0.0467. The maximum Gasteiger partial charge on any atom is 0.254 e. The van der Waals surface area contributed by atoms with Crippen LogP contribution in [0.15, 0.2) is 6.20 Å². The van der Waals surface area contributed by atoms with Gasteiger partial charge in [0.15, 0.2) is 0 Å². The summed E-state index contributed by atoms with van der Waals surface area (Å²) < 4.78 is 1.70. The molecule has 84 valence electrons. The monoisotopic (exact) mass is 209 g/mol. The smallest absolute Gasteiger partial charge is 0.254 e. The summed E-state index contributed by atoms with van der Waals surface area (Å²) in [4.78, 5) is 11.5. The molecule has 0 saturated carbocycles. The number of hydrogen-bond donors (Lipinski definition) is 1. The molecule has 1 rings (SSSR count). The van der Waals surface area contributed by atoms with E-state index in [9.17, 15) is 4.79 Å². The van der Waals surface area contributed by atoms with Crippen molar-refractivity contribution in [2.45, 2.75) is 32.6 Å². The van der Waals surface area contributed by atoms with Crippen LogP contribution in [-0.2, 0) is 13.5 Å². The van der Waals surface area contributed by atoms with Gasteiger partial charge in [-0.1, -0.05) is 19.8 Å². The number of nitrogens with zero attached hydrogens (tertiary/aromatic N) is 2. The third kappa shape index (κ3) is 3.08. The number of rotatable bonds is 5. The second kappa shape index (κ2) is 5.53. The second-order valence-corrected chi connectivity index (χ2v) is 3.70. The molecule has 4 heteroatoms. The Labute approximate surface area is 90.7 Å². The first-order chi connectivity index (χ1) is 7.19. The molecule has 0 unspecified atom stereocenters. The molecule has 0 bridgehead atoms. The summed E-state index contributed by atoms with van der Waals surface area (Å²) in [7, 11) is 3.49. The zero-order valence-corrected chi connectivity index (χ0v) is 9.71. The zero-order valence-electron chi connectivity index (χ0n) is 9.71. The Balaban J connectivity index is 2.72. The summed E-state index contributed by atoms with van der Waals surface area (Å²) >= 11 is 0. The topological polar surface area (TPSA) is 46.9 Å². The van der Waals surface area contributed by atoms with Crippen molar-refractivity contribution in [1.29, 1.82) is 0 Å². The number of hydrogen-bond acceptors (Lipinski definition) is 2. The van der Waals surface area contributed by atoms with E-state index in [1.807, 2.05) is 7.05 Å². The SMILES string of the molecule is CCCCCc1nn(C)cc1C(=O)NC. The molecular formula is C11H19N3O. The molecule has 1 amide bonds. The molecule has 0 aliphatic rings. The van der Waals surface area contributed by atoms with Crippen molar-refractivity contribution in [1.82, 2.24) is 15.1 Å². The highest BCUT2D eigenvalue weighted by molar-refractivity contribution is 5.94. The minimum Gasteiger partial charge on any atom is -0.355 e. The second-order valence-electron chi connectivity index (χ2n) is 3.70. The normalized spacial score (nSPS) is 10.3. The number of carbonyl (C=O) groups is 1. The molecule has 15 heavy (non-hydrogen) atoms. The molecule has 0 aromatic carbocycles. The minimum atomic E-state index is -0.0467. The summed E-state index contributed by atoms with van der Waals surface area (Å²) in [6.45, 7) is 2.16. The number of amides is 1. The molecular weight excluding hydrogens is 190 g/mol. The lowest BCUT2D eigenvalue weighted by Gasteiger charge is -2.00. The van der Waals surface area contributed by atoms with Gasteiger partial charge in [0.1, 0.15) is 0 Å². The zero-order chi connectivity index (χ0) is 11.3. The fraction of sp³-hybridized carbons (Fsp3) is 0.636. The van der Waals surface area contributed by atoms with Gasteiger partial charge in [-0.3, -0.25) is 9.48 Å². The predicted molar refractivity (Wildman–Crippen MR) is 59.8 cm³/mol. The summed E-state index contributed by atoms with van der Waals surface area (Å²) in [5.41, 5.74) is 1.61. The van der Waals surface area contributed by atoms with E-state index < -0.39 is 0 Å². The van der Waals surface area contributed by atoms with Gasteiger partial charge in [-0.25, -0.2) is 0 Å². The Morgan fingerprint density at radius 1 is 1.53 bits per heavy atom. The largest absolute Gasteiger partial charge is 0.355 e. The highest BCUT2D eigenvalue weighted by atomic mass is 16.1. The lowest BCUT2D eigenvalue weighted by Crippen LogP contribution is -2.18. The first-order valence-electron chi connectivity index (χ1n) is 5.43. The average molecular weight is 209 g/mol. The molecule has 1 heterocycles. The highest BCUT2D eigenvalue weighted by Crippen LogP contribution is 2.10. The van der Waals surface area contributed by atoms with Crippen molar-refractivity contribution in [3.8, 4) is 0 Å². The quantitative estimate of drug-likeness (QED) is 0.747. The van der Waals surface area contributed by atoms with Gasteiger partial charge in [0.25, 0.3) is 5.91 Å². The predicted octanol–water partition coefficient (Wildman–Crippen LogP) is 1.51. The van der Waals surface area contributed by atoms with Gasteiger partial charge in [-0.15, -0.1) is 0 Å². The van der Waals surface area contributed by atoms with Crippen molar-refractivity contribution in [3.05, 3.63) is 17.5 Å². The fourth-order valence-electron chi connectivity index (χ4n) is 1.59. The lowest BCUT2D eigenvalue weighted by atomic mass is 10.1. The molecule has 1 aromatic rings. The molecule has 1 N–H and O–H groups in total. The Kier molecular flexibility index (Phi) is 4.34. The van der Waals surface area contributed by atoms with Gasteiger partial charge in [-0.2, -0.15) is 5.10 Å². The first-order valence-corrected chi connectivity index (χ1v) is 5.43. The molecule has 0 aliphatic heterocycles. The maximum absolute atomic E-state index is 11.5. The lowest BCUT2D eigenvalue weighted by molar-refractivity contribution is 0.0962. The third-order valence-electron chi connectivity index (χ3n) is 2.39. The van der Waals surface area contributed by atoms with Crippen molar-refractivity contribution < 1.29 is 4.79 Å². The molecule has 1 aromatic heterocycles.